The molecule has 0 aliphatic heterocycles. The third-order valence-electron chi connectivity index (χ3n) is 2.22. The van der Waals surface area contributed by atoms with Crippen molar-refractivity contribution in [3.05, 3.63) is 23.7 Å². The van der Waals surface area contributed by atoms with Gasteiger partial charge in [0, 0.05) is 0 Å². The van der Waals surface area contributed by atoms with E-state index >= 15 is 0 Å². The molecule has 0 spiro atoms. The van der Waals surface area contributed by atoms with Gasteiger partial charge >= 0.3 is 12.1 Å². The van der Waals surface area contributed by atoms with E-state index in [-0.39, 0.29) is 24.4 Å². The Balaban J connectivity index is 2.67. The van der Waals surface area contributed by atoms with Crippen molar-refractivity contribution < 1.29 is 27.5 Å². The summed E-state index contributed by atoms with van der Waals surface area (Å²) < 4.78 is 41.8. The van der Waals surface area contributed by atoms with Crippen molar-refractivity contribution in [2.75, 3.05) is 13.1 Å². The molecule has 18 heavy (non-hydrogen) atoms. The van der Waals surface area contributed by atoms with Crippen LogP contribution in [0.3, 0.4) is 0 Å². The minimum absolute atomic E-state index is 0.0549. The van der Waals surface area contributed by atoms with Crippen molar-refractivity contribution in [2.45, 2.75) is 26.1 Å². The van der Waals surface area contributed by atoms with Crippen LogP contribution in [-0.2, 0) is 6.54 Å². The number of hydrogen-bond donors (Lipinski definition) is 1. The van der Waals surface area contributed by atoms with Crippen molar-refractivity contribution in [2.24, 2.45) is 0 Å². The first-order chi connectivity index (χ1) is 8.31. The maximum Gasteiger partial charge on any atom is 0.401 e. The van der Waals surface area contributed by atoms with E-state index in [2.05, 4.69) is 0 Å². The molecule has 0 aliphatic carbocycles. The molecule has 0 saturated heterocycles. The first-order valence-corrected chi connectivity index (χ1v) is 5.41. The molecule has 1 aromatic rings. The molecule has 7 heteroatoms. The third-order valence-corrected chi connectivity index (χ3v) is 2.22. The van der Waals surface area contributed by atoms with Gasteiger partial charge in [-0.05, 0) is 19.0 Å². The van der Waals surface area contributed by atoms with Gasteiger partial charge < -0.3 is 9.52 Å². The fraction of sp³-hybridized carbons (Fsp3) is 0.545. The number of halogens is 3. The number of carboxylic acid groups (broad SMARTS) is 1. The first-order valence-electron chi connectivity index (χ1n) is 5.41. The lowest BCUT2D eigenvalue weighted by Gasteiger charge is -2.21. The van der Waals surface area contributed by atoms with E-state index < -0.39 is 18.7 Å². The average molecular weight is 265 g/mol. The second-order valence-electron chi connectivity index (χ2n) is 3.93. The molecule has 0 saturated carbocycles. The van der Waals surface area contributed by atoms with Gasteiger partial charge in [-0.2, -0.15) is 13.2 Å². The van der Waals surface area contributed by atoms with Crippen LogP contribution in [0.2, 0.25) is 0 Å². The van der Waals surface area contributed by atoms with E-state index in [4.69, 9.17) is 9.52 Å². The number of carbonyl (C=O) groups is 1. The molecule has 0 aliphatic rings. The molecular formula is C11H14F3NO3. The number of alkyl halides is 3. The molecule has 102 valence electrons. The highest BCUT2D eigenvalue weighted by atomic mass is 19.4. The van der Waals surface area contributed by atoms with Gasteiger partial charge in [-0.25, -0.2) is 4.79 Å². The molecule has 0 amide bonds. The van der Waals surface area contributed by atoms with E-state index in [0.29, 0.717) is 6.42 Å². The zero-order valence-electron chi connectivity index (χ0n) is 9.83. The number of rotatable bonds is 6. The van der Waals surface area contributed by atoms with Crippen LogP contribution in [0.25, 0.3) is 0 Å². The Morgan fingerprint density at radius 3 is 2.61 bits per heavy atom. The van der Waals surface area contributed by atoms with Crippen molar-refractivity contribution >= 4 is 5.97 Å². The highest BCUT2D eigenvalue weighted by Gasteiger charge is 2.30. The van der Waals surface area contributed by atoms with Crippen LogP contribution in [0, 0.1) is 0 Å². The topological polar surface area (TPSA) is 53.7 Å². The summed E-state index contributed by atoms with van der Waals surface area (Å²) in [4.78, 5) is 11.8. The van der Waals surface area contributed by atoms with Crippen molar-refractivity contribution in [1.82, 2.24) is 4.90 Å². The normalized spacial score (nSPS) is 12.1. The highest BCUT2D eigenvalue weighted by Crippen LogP contribution is 2.19. The Hall–Kier alpha value is -1.50. The number of aromatic carboxylic acids is 1. The second kappa shape index (κ2) is 5.90. The Morgan fingerprint density at radius 1 is 1.50 bits per heavy atom. The summed E-state index contributed by atoms with van der Waals surface area (Å²) >= 11 is 0. The number of carboxylic acids is 1. The second-order valence-corrected chi connectivity index (χ2v) is 3.93. The summed E-state index contributed by atoms with van der Waals surface area (Å²) in [5.41, 5.74) is -0.0616. The van der Waals surface area contributed by atoms with E-state index in [1.165, 1.54) is 11.0 Å². The monoisotopic (exact) mass is 265 g/mol. The smallest absolute Gasteiger partial charge is 0.401 e. The Kier molecular flexibility index (Phi) is 4.77. The SMILES string of the molecule is CCCN(Cc1cc(C(=O)O)co1)CC(F)(F)F. The largest absolute Gasteiger partial charge is 0.478 e. The zero-order chi connectivity index (χ0) is 13.8. The van der Waals surface area contributed by atoms with Gasteiger partial charge in [-0.1, -0.05) is 6.92 Å². The minimum atomic E-state index is -4.28. The lowest BCUT2D eigenvalue weighted by Crippen LogP contribution is -2.34. The molecule has 1 rings (SSSR count). The van der Waals surface area contributed by atoms with Gasteiger partial charge in [-0.3, -0.25) is 4.90 Å². The van der Waals surface area contributed by atoms with Crippen molar-refractivity contribution in [3.63, 3.8) is 0 Å². The maximum atomic E-state index is 12.3. The Bertz CT molecular complexity index is 400. The predicted molar refractivity (Wildman–Crippen MR) is 57.3 cm³/mol. The van der Waals surface area contributed by atoms with E-state index in [9.17, 15) is 18.0 Å². The summed E-state index contributed by atoms with van der Waals surface area (Å²) in [6.07, 6.45) is -2.69. The van der Waals surface area contributed by atoms with Gasteiger partial charge in [0.05, 0.1) is 18.7 Å². The fourth-order valence-corrected chi connectivity index (χ4v) is 1.58. The molecule has 1 heterocycles. The number of hydrogen-bond acceptors (Lipinski definition) is 3. The summed E-state index contributed by atoms with van der Waals surface area (Å²) in [7, 11) is 0. The maximum absolute atomic E-state index is 12.3. The fourth-order valence-electron chi connectivity index (χ4n) is 1.58. The van der Waals surface area contributed by atoms with Crippen LogP contribution in [0.1, 0.15) is 29.5 Å². The van der Waals surface area contributed by atoms with Gasteiger partial charge in [0.1, 0.15) is 12.0 Å². The minimum Gasteiger partial charge on any atom is -0.478 e. The highest BCUT2D eigenvalue weighted by molar-refractivity contribution is 5.87. The van der Waals surface area contributed by atoms with E-state index in [1.54, 1.807) is 6.92 Å². The van der Waals surface area contributed by atoms with Gasteiger partial charge in [-0.15, -0.1) is 0 Å². The van der Waals surface area contributed by atoms with E-state index in [1.807, 2.05) is 0 Å². The van der Waals surface area contributed by atoms with Gasteiger partial charge in [0.15, 0.2) is 0 Å². The molecule has 0 bridgehead atoms. The van der Waals surface area contributed by atoms with E-state index in [0.717, 1.165) is 6.26 Å². The summed E-state index contributed by atoms with van der Waals surface area (Å²) in [5, 5.41) is 8.67. The lowest BCUT2D eigenvalue weighted by molar-refractivity contribution is -0.147. The Labute approximate surface area is 102 Å². The van der Waals surface area contributed by atoms with Crippen LogP contribution in [0.15, 0.2) is 16.7 Å². The molecule has 0 radical (unpaired) electrons. The lowest BCUT2D eigenvalue weighted by atomic mass is 10.3. The van der Waals surface area contributed by atoms with Crippen molar-refractivity contribution in [1.29, 1.82) is 0 Å². The molecule has 4 nitrogen and oxygen atoms in total. The predicted octanol–water partition coefficient (Wildman–Crippen LogP) is 2.75. The summed E-state index contributed by atoms with van der Waals surface area (Å²) in [6.45, 7) is 0.946. The third kappa shape index (κ3) is 4.79. The van der Waals surface area contributed by atoms with Crippen LogP contribution >= 0.6 is 0 Å². The number of nitrogens with zero attached hydrogens (tertiary/aromatic N) is 1. The van der Waals surface area contributed by atoms with Crippen LogP contribution in [-0.4, -0.2) is 35.2 Å². The van der Waals surface area contributed by atoms with Crippen LogP contribution < -0.4 is 0 Å². The molecule has 1 aromatic heterocycles. The molecule has 0 fully saturated rings. The van der Waals surface area contributed by atoms with Gasteiger partial charge in [0.2, 0.25) is 0 Å². The molecule has 0 unspecified atom stereocenters. The quantitative estimate of drug-likeness (QED) is 0.859. The standard InChI is InChI=1S/C11H14F3NO3/c1-2-3-15(7-11(12,13)14)5-9-4-8(6-18-9)10(16)17/h4,6H,2-3,5,7H2,1H3,(H,16,17). The van der Waals surface area contributed by atoms with Crippen LogP contribution in [0.5, 0.6) is 0 Å². The average Bonchev–Trinajstić information content (AvgIpc) is 2.64. The molecule has 0 atom stereocenters. The number of furan rings is 1. The molecule has 1 N–H and O–H groups in total. The summed E-state index contributed by atoms with van der Waals surface area (Å²) in [5.74, 6) is -0.951. The first kappa shape index (κ1) is 14.6. The molecule has 0 aromatic carbocycles. The summed E-state index contributed by atoms with van der Waals surface area (Å²) in [6, 6.07) is 1.24. The zero-order valence-corrected chi connectivity index (χ0v) is 9.83. The van der Waals surface area contributed by atoms with Crippen LogP contribution in [0.4, 0.5) is 13.2 Å². The van der Waals surface area contributed by atoms with Gasteiger partial charge in [0.25, 0.3) is 0 Å². The Morgan fingerprint density at radius 2 is 2.17 bits per heavy atom. The molecular weight excluding hydrogens is 251 g/mol. The van der Waals surface area contributed by atoms with Crippen molar-refractivity contribution in [3.8, 4) is 0 Å².